The second kappa shape index (κ2) is 12.2. The molecule has 1 amide bonds. The highest BCUT2D eigenvalue weighted by atomic mass is 32.2. The maximum absolute atomic E-state index is 13.6. The molecule has 2 heterocycles. The smallest absolute Gasteiger partial charge is 0.234 e. The maximum Gasteiger partial charge on any atom is 0.234 e. The Morgan fingerprint density at radius 3 is 2.64 bits per heavy atom. The Bertz CT molecular complexity index is 1630. The fourth-order valence-electron chi connectivity index (χ4n) is 5.08. The lowest BCUT2D eigenvalue weighted by atomic mass is 9.70. The Hall–Kier alpha value is -4.40. The molecule has 3 N–H and O–H groups in total. The summed E-state index contributed by atoms with van der Waals surface area (Å²) in [6, 6.07) is 19.1. The van der Waals surface area contributed by atoms with Gasteiger partial charge in [0.25, 0.3) is 0 Å². The average molecular weight is 599 g/mol. The molecular formula is C31H30N6O3S2. The van der Waals surface area contributed by atoms with Crippen molar-refractivity contribution in [2.45, 2.75) is 31.0 Å². The number of methoxy groups -OCH3 is 1. The topological polar surface area (TPSA) is 134 Å². The Morgan fingerprint density at radius 1 is 1.21 bits per heavy atom. The minimum atomic E-state index is -0.562. The van der Waals surface area contributed by atoms with Gasteiger partial charge in [-0.2, -0.15) is 5.26 Å². The van der Waals surface area contributed by atoms with Crippen LogP contribution in [0.3, 0.4) is 0 Å². The third-order valence-corrected chi connectivity index (χ3v) is 9.04. The van der Waals surface area contributed by atoms with Crippen LogP contribution < -0.4 is 20.7 Å². The first kappa shape index (κ1) is 29.1. The van der Waals surface area contributed by atoms with Crippen molar-refractivity contribution in [1.82, 2.24) is 10.2 Å². The summed E-state index contributed by atoms with van der Waals surface area (Å²) in [6.45, 7) is 4.09. The lowest BCUT2D eigenvalue weighted by molar-refractivity contribution is -0.118. The van der Waals surface area contributed by atoms with Gasteiger partial charge >= 0.3 is 0 Å². The van der Waals surface area contributed by atoms with Crippen molar-refractivity contribution in [3.05, 3.63) is 88.9 Å². The molecule has 1 aromatic heterocycles. The van der Waals surface area contributed by atoms with Gasteiger partial charge in [-0.1, -0.05) is 79.4 Å². The van der Waals surface area contributed by atoms with Crippen LogP contribution in [0, 0.1) is 22.7 Å². The molecule has 1 atom stereocenters. The van der Waals surface area contributed by atoms with Gasteiger partial charge in [0, 0.05) is 29.3 Å². The molecule has 0 saturated heterocycles. The number of carbonyl (C=O) groups is 2. The van der Waals surface area contributed by atoms with E-state index in [1.54, 1.807) is 36.3 Å². The van der Waals surface area contributed by atoms with E-state index >= 15 is 0 Å². The number of hydrogen-bond acceptors (Lipinski definition) is 10. The SMILES string of the molecule is COc1ccc(NC(=O)CSc2nnc(N3C(N)=C(C#N)C(/C=C/c4ccccc4)C4=C3CC(C)(C)CC4=O)s2)cc1. The van der Waals surface area contributed by atoms with E-state index in [0.717, 1.165) is 11.3 Å². The van der Waals surface area contributed by atoms with Crippen molar-refractivity contribution in [2.24, 2.45) is 17.1 Å². The van der Waals surface area contributed by atoms with Crippen molar-refractivity contribution in [2.75, 3.05) is 23.1 Å². The number of rotatable bonds is 8. The van der Waals surface area contributed by atoms with Gasteiger partial charge in [-0.15, -0.1) is 10.2 Å². The van der Waals surface area contributed by atoms with E-state index in [1.165, 1.54) is 23.1 Å². The van der Waals surface area contributed by atoms with Crippen LogP contribution in [-0.2, 0) is 9.59 Å². The van der Waals surface area contributed by atoms with Gasteiger partial charge in [0.1, 0.15) is 11.6 Å². The Kier molecular flexibility index (Phi) is 8.47. The first-order chi connectivity index (χ1) is 20.2. The lowest BCUT2D eigenvalue weighted by Crippen LogP contribution is -2.42. The van der Waals surface area contributed by atoms with Crippen LogP contribution in [-0.4, -0.2) is 34.8 Å². The van der Waals surface area contributed by atoms with Crippen molar-refractivity contribution in [3.8, 4) is 11.8 Å². The van der Waals surface area contributed by atoms with Crippen LogP contribution in [0.1, 0.15) is 32.3 Å². The molecule has 214 valence electrons. The first-order valence-electron chi connectivity index (χ1n) is 13.3. The highest BCUT2D eigenvalue weighted by Crippen LogP contribution is 2.48. The van der Waals surface area contributed by atoms with Gasteiger partial charge in [0.15, 0.2) is 10.1 Å². The van der Waals surface area contributed by atoms with Crippen molar-refractivity contribution in [3.63, 3.8) is 0 Å². The van der Waals surface area contributed by atoms with Gasteiger partial charge in [-0.05, 0) is 41.7 Å². The molecule has 5 rings (SSSR count). The number of allylic oxidation sites excluding steroid dienone is 4. The number of carbonyl (C=O) groups excluding carboxylic acids is 2. The third kappa shape index (κ3) is 6.25. The summed E-state index contributed by atoms with van der Waals surface area (Å²) in [5, 5.41) is 22.1. The molecule has 0 fully saturated rings. The van der Waals surface area contributed by atoms with E-state index in [4.69, 9.17) is 10.5 Å². The normalized spacial score (nSPS) is 18.2. The monoisotopic (exact) mass is 598 g/mol. The molecule has 2 aliphatic rings. The predicted molar refractivity (Wildman–Crippen MR) is 166 cm³/mol. The number of Topliss-reactive ketones (excluding diaryl/α,β-unsaturated/α-hetero) is 1. The number of nitrogens with zero attached hydrogens (tertiary/aromatic N) is 4. The van der Waals surface area contributed by atoms with Gasteiger partial charge in [-0.25, -0.2) is 0 Å². The molecule has 9 nitrogen and oxygen atoms in total. The maximum atomic E-state index is 13.6. The third-order valence-electron chi connectivity index (χ3n) is 6.99. The van der Waals surface area contributed by atoms with Crippen molar-refractivity contribution >= 4 is 51.7 Å². The second-order valence-corrected chi connectivity index (χ2v) is 12.9. The Labute approximate surface area is 252 Å². The van der Waals surface area contributed by atoms with Gasteiger partial charge in [0.05, 0.1) is 24.5 Å². The van der Waals surface area contributed by atoms with Crippen molar-refractivity contribution in [1.29, 1.82) is 5.26 Å². The zero-order valence-electron chi connectivity index (χ0n) is 23.5. The van der Waals surface area contributed by atoms with E-state index in [2.05, 4.69) is 21.6 Å². The first-order valence-corrected chi connectivity index (χ1v) is 15.1. The molecule has 1 aliphatic heterocycles. The molecule has 0 bridgehead atoms. The van der Waals surface area contributed by atoms with Gasteiger partial charge in [0.2, 0.25) is 11.0 Å². The van der Waals surface area contributed by atoms with Crippen LogP contribution in [0.25, 0.3) is 6.08 Å². The molecule has 0 saturated carbocycles. The zero-order chi connectivity index (χ0) is 29.9. The van der Waals surface area contributed by atoms with Crippen LogP contribution in [0.15, 0.2) is 87.7 Å². The molecule has 11 heteroatoms. The van der Waals surface area contributed by atoms with E-state index in [1.807, 2.05) is 56.3 Å². The quantitative estimate of drug-likeness (QED) is 0.310. The number of benzene rings is 2. The predicted octanol–water partition coefficient (Wildman–Crippen LogP) is 5.76. The molecule has 0 spiro atoms. The minimum Gasteiger partial charge on any atom is -0.497 e. The summed E-state index contributed by atoms with van der Waals surface area (Å²) in [5.74, 6) is 0.297. The molecule has 1 unspecified atom stereocenters. The minimum absolute atomic E-state index is 0.0106. The Balaban J connectivity index is 1.41. The number of ketones is 1. The number of amides is 1. The number of nitrogens with one attached hydrogen (secondary N) is 1. The largest absolute Gasteiger partial charge is 0.497 e. The molecule has 0 radical (unpaired) electrons. The summed E-state index contributed by atoms with van der Waals surface area (Å²) in [7, 11) is 1.58. The van der Waals surface area contributed by atoms with Crippen LogP contribution in [0.2, 0.25) is 0 Å². The lowest BCUT2D eigenvalue weighted by Gasteiger charge is -2.41. The van der Waals surface area contributed by atoms with E-state index in [9.17, 15) is 14.9 Å². The highest BCUT2D eigenvalue weighted by molar-refractivity contribution is 8.01. The van der Waals surface area contributed by atoms with Crippen LogP contribution in [0.5, 0.6) is 5.75 Å². The number of nitriles is 1. The summed E-state index contributed by atoms with van der Waals surface area (Å²) in [4.78, 5) is 27.9. The fraction of sp³-hybridized carbons (Fsp3) is 0.258. The van der Waals surface area contributed by atoms with E-state index < -0.39 is 5.92 Å². The van der Waals surface area contributed by atoms with Crippen LogP contribution >= 0.6 is 23.1 Å². The molecule has 3 aromatic rings. The summed E-state index contributed by atoms with van der Waals surface area (Å²) < 4.78 is 5.72. The molecular weight excluding hydrogens is 569 g/mol. The fourth-order valence-corrected chi connectivity index (χ4v) is 6.76. The Morgan fingerprint density at radius 2 is 1.95 bits per heavy atom. The second-order valence-electron chi connectivity index (χ2n) is 10.7. The van der Waals surface area contributed by atoms with Gasteiger partial charge in [-0.3, -0.25) is 14.5 Å². The molecule has 42 heavy (non-hydrogen) atoms. The zero-order valence-corrected chi connectivity index (χ0v) is 25.1. The summed E-state index contributed by atoms with van der Waals surface area (Å²) >= 11 is 2.51. The summed E-state index contributed by atoms with van der Waals surface area (Å²) in [6.07, 6.45) is 4.75. The van der Waals surface area contributed by atoms with E-state index in [0.29, 0.717) is 39.3 Å². The average Bonchev–Trinajstić information content (AvgIpc) is 3.43. The number of ether oxygens (including phenoxy) is 1. The summed E-state index contributed by atoms with van der Waals surface area (Å²) in [5.41, 5.74) is 9.58. The number of thioether (sulfide) groups is 1. The van der Waals surface area contributed by atoms with Crippen LogP contribution in [0.4, 0.5) is 10.8 Å². The molecule has 2 aromatic carbocycles. The van der Waals surface area contributed by atoms with Crippen molar-refractivity contribution < 1.29 is 14.3 Å². The number of aromatic nitrogens is 2. The number of hydrogen-bond donors (Lipinski definition) is 2. The number of anilines is 2. The highest BCUT2D eigenvalue weighted by Gasteiger charge is 2.44. The standard InChI is InChI=1S/C31H30N6O3S2/c1-31(2)15-24-27(25(38)16-31)22(14-9-19-7-5-4-6-8-19)23(17-32)28(33)37(24)29-35-36-30(42-29)41-18-26(39)34-20-10-12-21(40-3)13-11-20/h4-14,22H,15-16,18,33H2,1-3H3,(H,34,39)/b14-9+. The van der Waals surface area contributed by atoms with E-state index in [-0.39, 0.29) is 34.3 Å². The number of nitrogens with two attached hydrogens (primary N) is 1. The molecule has 1 aliphatic carbocycles. The van der Waals surface area contributed by atoms with Gasteiger partial charge < -0.3 is 15.8 Å².